The van der Waals surface area contributed by atoms with E-state index in [0.29, 0.717) is 42.9 Å². The number of rotatable bonds is 7. The highest BCUT2D eigenvalue weighted by Crippen LogP contribution is 2.36. The minimum atomic E-state index is -0.142. The van der Waals surface area contributed by atoms with Gasteiger partial charge in [0, 0.05) is 24.0 Å². The van der Waals surface area contributed by atoms with Gasteiger partial charge in [0.15, 0.2) is 0 Å². The molecule has 4 rings (SSSR count). The molecule has 2 amide bonds. The Morgan fingerprint density at radius 2 is 2.21 bits per heavy atom. The third kappa shape index (κ3) is 5.23. The van der Waals surface area contributed by atoms with E-state index in [4.69, 9.17) is 4.74 Å². The number of carbonyl (C=O) groups excluding carboxylic acids is 2. The second kappa shape index (κ2) is 9.88. The molecule has 170 valence electrons. The molecule has 2 aromatic heterocycles. The molecule has 0 unspecified atom stereocenters. The molecule has 3 aromatic rings. The molecule has 0 spiro atoms. The summed E-state index contributed by atoms with van der Waals surface area (Å²) in [5.74, 6) is 0.623. The Bertz CT molecular complexity index is 1220. The Morgan fingerprint density at radius 3 is 2.94 bits per heavy atom. The zero-order valence-corrected chi connectivity index (χ0v) is 19.4. The minimum Gasteiger partial charge on any atom is -0.497 e. The monoisotopic (exact) mass is 463 g/mol. The number of thiophene rings is 1. The van der Waals surface area contributed by atoms with Crippen molar-refractivity contribution in [1.29, 1.82) is 5.26 Å². The van der Waals surface area contributed by atoms with Crippen LogP contribution in [0.15, 0.2) is 36.8 Å². The predicted octanol–water partition coefficient (Wildman–Crippen LogP) is 3.29. The van der Waals surface area contributed by atoms with Gasteiger partial charge >= 0.3 is 0 Å². The fourth-order valence-electron chi connectivity index (χ4n) is 3.91. The van der Waals surface area contributed by atoms with Crippen molar-refractivity contribution in [2.45, 2.75) is 39.3 Å². The molecule has 1 N–H and O–H groups in total. The van der Waals surface area contributed by atoms with Crippen molar-refractivity contribution in [2.24, 2.45) is 0 Å². The van der Waals surface area contributed by atoms with Crippen molar-refractivity contribution in [3.8, 4) is 11.8 Å². The van der Waals surface area contributed by atoms with Gasteiger partial charge in [-0.15, -0.1) is 11.3 Å². The number of imidazole rings is 1. The molecule has 0 bridgehead atoms. The lowest BCUT2D eigenvalue weighted by Crippen LogP contribution is -2.37. The average molecular weight is 464 g/mol. The van der Waals surface area contributed by atoms with Gasteiger partial charge in [0.2, 0.25) is 11.8 Å². The first-order valence-electron chi connectivity index (χ1n) is 10.7. The van der Waals surface area contributed by atoms with Crippen LogP contribution in [0.4, 0.5) is 5.00 Å². The number of nitriles is 1. The van der Waals surface area contributed by atoms with Crippen molar-refractivity contribution >= 4 is 28.2 Å². The third-order valence-corrected chi connectivity index (χ3v) is 6.76. The Labute approximate surface area is 196 Å². The van der Waals surface area contributed by atoms with Gasteiger partial charge in [0.1, 0.15) is 23.4 Å². The van der Waals surface area contributed by atoms with E-state index in [2.05, 4.69) is 16.4 Å². The summed E-state index contributed by atoms with van der Waals surface area (Å²) in [5.41, 5.74) is 3.33. The lowest BCUT2D eigenvalue weighted by atomic mass is 10.0. The van der Waals surface area contributed by atoms with Crippen LogP contribution in [0, 0.1) is 18.3 Å². The van der Waals surface area contributed by atoms with E-state index in [1.54, 1.807) is 22.9 Å². The number of carbonyl (C=O) groups is 2. The fraction of sp³-hybridized carbons (Fsp3) is 0.333. The van der Waals surface area contributed by atoms with Crippen LogP contribution in [0.1, 0.15) is 33.7 Å². The fourth-order valence-corrected chi connectivity index (χ4v) is 5.14. The smallest absolute Gasteiger partial charge is 0.242 e. The molecule has 0 radical (unpaired) electrons. The number of benzene rings is 1. The van der Waals surface area contributed by atoms with Crippen LogP contribution in [0.25, 0.3) is 0 Å². The highest BCUT2D eigenvalue weighted by Gasteiger charge is 2.27. The van der Waals surface area contributed by atoms with Crippen LogP contribution in [-0.4, -0.2) is 39.9 Å². The van der Waals surface area contributed by atoms with Crippen LogP contribution in [-0.2, 0) is 35.5 Å². The van der Waals surface area contributed by atoms with Gasteiger partial charge in [-0.25, -0.2) is 4.98 Å². The molecule has 8 nitrogen and oxygen atoms in total. The largest absolute Gasteiger partial charge is 0.497 e. The molecule has 1 aliphatic rings. The molecule has 0 atom stereocenters. The zero-order valence-electron chi connectivity index (χ0n) is 18.6. The van der Waals surface area contributed by atoms with Crippen molar-refractivity contribution in [1.82, 2.24) is 14.5 Å². The highest BCUT2D eigenvalue weighted by atomic mass is 32.1. The van der Waals surface area contributed by atoms with Gasteiger partial charge in [0.25, 0.3) is 0 Å². The van der Waals surface area contributed by atoms with Gasteiger partial charge in [-0.1, -0.05) is 12.1 Å². The topological polar surface area (TPSA) is 100 Å². The summed E-state index contributed by atoms with van der Waals surface area (Å²) in [6, 6.07) is 9.88. The molecule has 33 heavy (non-hydrogen) atoms. The normalized spacial score (nSPS) is 12.7. The van der Waals surface area contributed by atoms with Crippen LogP contribution >= 0.6 is 11.3 Å². The molecule has 3 heterocycles. The maximum Gasteiger partial charge on any atom is 0.242 e. The summed E-state index contributed by atoms with van der Waals surface area (Å²) in [7, 11) is 1.61. The van der Waals surface area contributed by atoms with E-state index < -0.39 is 0 Å². The van der Waals surface area contributed by atoms with Gasteiger partial charge < -0.3 is 19.5 Å². The molecular formula is C24H25N5O3S. The molecule has 9 heteroatoms. The van der Waals surface area contributed by atoms with E-state index in [1.807, 2.05) is 37.4 Å². The van der Waals surface area contributed by atoms with Crippen LogP contribution in [0.5, 0.6) is 5.75 Å². The Hall–Kier alpha value is -3.64. The first-order chi connectivity index (χ1) is 16.0. The lowest BCUT2D eigenvalue weighted by Gasteiger charge is -2.27. The van der Waals surface area contributed by atoms with E-state index in [9.17, 15) is 14.9 Å². The summed E-state index contributed by atoms with van der Waals surface area (Å²) in [6.07, 6.45) is 4.97. The number of aryl methyl sites for hydroxylation is 2. The number of hydrogen-bond donors (Lipinski definition) is 1. The van der Waals surface area contributed by atoms with Crippen molar-refractivity contribution in [2.75, 3.05) is 19.0 Å². The first-order valence-corrected chi connectivity index (χ1v) is 11.5. The second-order valence-electron chi connectivity index (χ2n) is 7.97. The quantitative estimate of drug-likeness (QED) is 0.580. The molecule has 1 aliphatic heterocycles. The van der Waals surface area contributed by atoms with E-state index in [0.717, 1.165) is 27.4 Å². The van der Waals surface area contributed by atoms with Crippen molar-refractivity contribution in [3.63, 3.8) is 0 Å². The summed E-state index contributed by atoms with van der Waals surface area (Å²) < 4.78 is 7.00. The second-order valence-corrected chi connectivity index (χ2v) is 9.08. The Morgan fingerprint density at radius 1 is 1.36 bits per heavy atom. The lowest BCUT2D eigenvalue weighted by molar-refractivity contribution is -0.132. The van der Waals surface area contributed by atoms with Crippen molar-refractivity contribution in [3.05, 3.63) is 64.1 Å². The maximum atomic E-state index is 12.7. The third-order valence-electron chi connectivity index (χ3n) is 5.63. The summed E-state index contributed by atoms with van der Waals surface area (Å²) >= 11 is 1.39. The van der Waals surface area contributed by atoms with Gasteiger partial charge in [-0.05, 0) is 43.0 Å². The number of amides is 2. The first kappa shape index (κ1) is 22.6. The van der Waals surface area contributed by atoms with E-state index in [1.165, 1.54) is 11.3 Å². The van der Waals surface area contributed by atoms with Crippen LogP contribution in [0.2, 0.25) is 0 Å². The number of aromatic nitrogens is 2. The Balaban J connectivity index is 1.40. The zero-order chi connectivity index (χ0) is 23.4. The van der Waals surface area contributed by atoms with Gasteiger partial charge in [-0.2, -0.15) is 5.26 Å². The number of nitrogens with zero attached hydrogens (tertiary/aromatic N) is 4. The van der Waals surface area contributed by atoms with E-state index in [-0.39, 0.29) is 18.4 Å². The predicted molar refractivity (Wildman–Crippen MR) is 125 cm³/mol. The number of methoxy groups -OCH3 is 1. The molecule has 1 aromatic carbocycles. The molecule has 0 aliphatic carbocycles. The average Bonchev–Trinajstić information content (AvgIpc) is 3.39. The number of hydrogen-bond acceptors (Lipinski definition) is 6. The van der Waals surface area contributed by atoms with Crippen LogP contribution in [0.3, 0.4) is 0 Å². The SMILES string of the molecule is COc1cccc(CCC(=O)Nc2sc3c(c2C#N)CCN(C(=O)Cn2cnc(C)c2)C3)c1. The molecular weight excluding hydrogens is 438 g/mol. The molecule has 0 fully saturated rings. The summed E-state index contributed by atoms with van der Waals surface area (Å²) in [6.45, 7) is 3.12. The molecule has 0 saturated carbocycles. The summed E-state index contributed by atoms with van der Waals surface area (Å²) in [5, 5.41) is 13.2. The number of fused-ring (bicyclic) bond motifs is 1. The minimum absolute atomic E-state index is 0.00818. The standard InChI is InChI=1S/C24H25N5O3S/c1-16-12-28(15-26-16)14-23(31)29-9-8-19-20(11-25)24(33-21(19)13-29)27-22(30)7-6-17-4-3-5-18(10-17)32-2/h3-5,10,12,15H,6-9,13-14H2,1-2H3,(H,27,30). The number of nitrogens with one attached hydrogen (secondary N) is 1. The van der Waals surface area contributed by atoms with E-state index >= 15 is 0 Å². The molecule has 0 saturated heterocycles. The van der Waals surface area contributed by atoms with Crippen molar-refractivity contribution < 1.29 is 14.3 Å². The number of anilines is 1. The maximum absolute atomic E-state index is 12.7. The van der Waals surface area contributed by atoms with Crippen LogP contribution < -0.4 is 10.1 Å². The Kier molecular flexibility index (Phi) is 6.75. The highest BCUT2D eigenvalue weighted by molar-refractivity contribution is 7.16. The van der Waals surface area contributed by atoms with Gasteiger partial charge in [0.05, 0.1) is 31.2 Å². The van der Waals surface area contributed by atoms with Gasteiger partial charge in [-0.3, -0.25) is 9.59 Å². The number of ether oxygens (including phenoxy) is 1. The summed E-state index contributed by atoms with van der Waals surface area (Å²) in [4.78, 5) is 32.2.